The minimum Gasteiger partial charge on any atom is -0.357 e. The highest BCUT2D eigenvalue weighted by Crippen LogP contribution is 2.50. The molecule has 2 aliphatic rings. The van der Waals surface area contributed by atoms with Crippen LogP contribution >= 0.6 is 0 Å². The molecule has 21 heavy (non-hydrogen) atoms. The first-order valence-electron chi connectivity index (χ1n) is 6.97. The maximum atomic E-state index is 13.0. The summed E-state index contributed by atoms with van der Waals surface area (Å²) in [6.45, 7) is 1.63. The van der Waals surface area contributed by atoms with Crippen LogP contribution in [-0.4, -0.2) is 46.8 Å². The molecule has 116 valence electrons. The van der Waals surface area contributed by atoms with Crippen molar-refractivity contribution < 1.29 is 13.2 Å². The van der Waals surface area contributed by atoms with E-state index in [1.54, 1.807) is 7.05 Å². The summed E-state index contributed by atoms with van der Waals surface area (Å²) in [5.74, 6) is 0.672. The second kappa shape index (κ2) is 4.88. The Labute approximate surface area is 120 Å². The fourth-order valence-corrected chi connectivity index (χ4v) is 2.41. The standard InChI is InChI=1S/C12H17F3N6/c1-16-8-17-9(20-11(4-5-11)12(13,14)15)19-10(18-8)21-6-2-3-7-21/h2-7H2,1H3,(H2,16,17,18,19,20). The molecule has 0 aromatic carbocycles. The Bertz CT molecular complexity index is 522. The second-order valence-electron chi connectivity index (χ2n) is 5.43. The molecule has 2 heterocycles. The van der Waals surface area contributed by atoms with E-state index in [-0.39, 0.29) is 24.7 Å². The van der Waals surface area contributed by atoms with Crippen LogP contribution in [0, 0.1) is 0 Å². The van der Waals surface area contributed by atoms with E-state index in [0.29, 0.717) is 5.95 Å². The van der Waals surface area contributed by atoms with E-state index in [1.807, 2.05) is 4.90 Å². The molecule has 3 rings (SSSR count). The Morgan fingerprint density at radius 3 is 2.19 bits per heavy atom. The zero-order valence-corrected chi connectivity index (χ0v) is 11.7. The van der Waals surface area contributed by atoms with Gasteiger partial charge in [0.2, 0.25) is 17.8 Å². The molecule has 0 radical (unpaired) electrons. The van der Waals surface area contributed by atoms with E-state index >= 15 is 0 Å². The molecule has 0 bridgehead atoms. The van der Waals surface area contributed by atoms with Gasteiger partial charge in [-0.3, -0.25) is 0 Å². The molecule has 1 aromatic heterocycles. The third-order valence-corrected chi connectivity index (χ3v) is 3.88. The van der Waals surface area contributed by atoms with Crippen molar-refractivity contribution in [2.45, 2.75) is 37.4 Å². The van der Waals surface area contributed by atoms with Gasteiger partial charge in [-0.05, 0) is 25.7 Å². The molecule has 0 unspecified atom stereocenters. The Kier molecular flexibility index (Phi) is 3.29. The lowest BCUT2D eigenvalue weighted by molar-refractivity contribution is -0.151. The number of anilines is 3. The van der Waals surface area contributed by atoms with Gasteiger partial charge in [0.25, 0.3) is 0 Å². The van der Waals surface area contributed by atoms with Crippen LogP contribution < -0.4 is 15.5 Å². The van der Waals surface area contributed by atoms with E-state index < -0.39 is 11.7 Å². The fourth-order valence-electron chi connectivity index (χ4n) is 2.41. The molecule has 9 heteroatoms. The number of hydrogen-bond donors (Lipinski definition) is 2. The molecular weight excluding hydrogens is 285 g/mol. The number of nitrogens with one attached hydrogen (secondary N) is 2. The Balaban J connectivity index is 1.86. The molecule has 0 spiro atoms. The van der Waals surface area contributed by atoms with Gasteiger partial charge in [-0.1, -0.05) is 0 Å². The topological polar surface area (TPSA) is 66.0 Å². The third kappa shape index (κ3) is 2.68. The van der Waals surface area contributed by atoms with Crippen molar-refractivity contribution in [2.75, 3.05) is 35.7 Å². The van der Waals surface area contributed by atoms with Crippen molar-refractivity contribution in [1.82, 2.24) is 15.0 Å². The molecule has 6 nitrogen and oxygen atoms in total. The quantitative estimate of drug-likeness (QED) is 0.887. The van der Waals surface area contributed by atoms with Crippen LogP contribution in [0.1, 0.15) is 25.7 Å². The van der Waals surface area contributed by atoms with Crippen molar-refractivity contribution in [2.24, 2.45) is 0 Å². The lowest BCUT2D eigenvalue weighted by Gasteiger charge is -2.22. The average molecular weight is 302 g/mol. The predicted molar refractivity (Wildman–Crippen MR) is 72.5 cm³/mol. The van der Waals surface area contributed by atoms with Crippen LogP contribution in [0.25, 0.3) is 0 Å². The van der Waals surface area contributed by atoms with E-state index in [0.717, 1.165) is 25.9 Å². The summed E-state index contributed by atoms with van der Waals surface area (Å²) < 4.78 is 39.0. The number of rotatable bonds is 4. The zero-order valence-electron chi connectivity index (χ0n) is 11.7. The number of hydrogen-bond acceptors (Lipinski definition) is 6. The first-order chi connectivity index (χ1) is 9.93. The highest BCUT2D eigenvalue weighted by Gasteiger charge is 2.64. The zero-order chi connectivity index (χ0) is 15.1. The van der Waals surface area contributed by atoms with Crippen LogP contribution in [0.2, 0.25) is 0 Å². The van der Waals surface area contributed by atoms with Crippen molar-refractivity contribution in [3.63, 3.8) is 0 Å². The minimum atomic E-state index is -4.30. The second-order valence-corrected chi connectivity index (χ2v) is 5.43. The molecule has 0 atom stereocenters. The van der Waals surface area contributed by atoms with Crippen molar-refractivity contribution in [1.29, 1.82) is 0 Å². The van der Waals surface area contributed by atoms with Crippen LogP contribution in [0.4, 0.5) is 31.0 Å². The maximum absolute atomic E-state index is 13.0. The Morgan fingerprint density at radius 2 is 1.67 bits per heavy atom. The summed E-state index contributed by atoms with van der Waals surface area (Å²) in [6, 6.07) is 0. The molecule has 1 aliphatic heterocycles. The van der Waals surface area contributed by atoms with Gasteiger partial charge in [-0.2, -0.15) is 28.1 Å². The lowest BCUT2D eigenvalue weighted by atomic mass is 10.3. The number of alkyl halides is 3. The van der Waals surface area contributed by atoms with Crippen LogP contribution in [-0.2, 0) is 0 Å². The molecule has 1 saturated heterocycles. The number of nitrogens with zero attached hydrogens (tertiary/aromatic N) is 4. The van der Waals surface area contributed by atoms with Crippen molar-refractivity contribution in [3.05, 3.63) is 0 Å². The Morgan fingerprint density at radius 1 is 1.05 bits per heavy atom. The molecule has 1 aliphatic carbocycles. The molecule has 0 amide bonds. The SMILES string of the molecule is CNc1nc(NC2(C(F)(F)F)CC2)nc(N2CCCC2)n1. The van der Waals surface area contributed by atoms with Gasteiger partial charge in [0.1, 0.15) is 5.54 Å². The van der Waals surface area contributed by atoms with Crippen LogP contribution in [0.15, 0.2) is 0 Å². The summed E-state index contributed by atoms with van der Waals surface area (Å²) >= 11 is 0. The van der Waals surface area contributed by atoms with Gasteiger partial charge >= 0.3 is 6.18 Å². The lowest BCUT2D eigenvalue weighted by Crippen LogP contribution is -2.39. The van der Waals surface area contributed by atoms with Gasteiger partial charge in [0.15, 0.2) is 0 Å². The monoisotopic (exact) mass is 302 g/mol. The largest absolute Gasteiger partial charge is 0.411 e. The molecule has 1 aromatic rings. The van der Waals surface area contributed by atoms with E-state index in [4.69, 9.17) is 0 Å². The van der Waals surface area contributed by atoms with E-state index in [2.05, 4.69) is 25.6 Å². The molecule has 2 fully saturated rings. The number of aromatic nitrogens is 3. The predicted octanol–water partition coefficient (Wildman–Crippen LogP) is 2.02. The smallest absolute Gasteiger partial charge is 0.357 e. The highest BCUT2D eigenvalue weighted by molar-refractivity contribution is 5.46. The van der Waals surface area contributed by atoms with Gasteiger partial charge in [0.05, 0.1) is 0 Å². The van der Waals surface area contributed by atoms with Gasteiger partial charge in [-0.15, -0.1) is 0 Å². The summed E-state index contributed by atoms with van der Waals surface area (Å²) in [7, 11) is 1.63. The molecule has 1 saturated carbocycles. The van der Waals surface area contributed by atoms with Crippen molar-refractivity contribution >= 4 is 17.8 Å². The summed E-state index contributed by atoms with van der Waals surface area (Å²) in [4.78, 5) is 14.3. The Hall–Kier alpha value is -1.80. The molecular formula is C12H17F3N6. The third-order valence-electron chi connectivity index (χ3n) is 3.88. The minimum absolute atomic E-state index is 0.0222. The first kappa shape index (κ1) is 14.2. The number of halogens is 3. The summed E-state index contributed by atoms with van der Waals surface area (Å²) in [5, 5.41) is 5.22. The molecule has 2 N–H and O–H groups in total. The van der Waals surface area contributed by atoms with E-state index in [9.17, 15) is 13.2 Å². The van der Waals surface area contributed by atoms with Crippen LogP contribution in [0.3, 0.4) is 0 Å². The highest BCUT2D eigenvalue weighted by atomic mass is 19.4. The van der Waals surface area contributed by atoms with Gasteiger partial charge in [0, 0.05) is 20.1 Å². The normalized spacial score (nSPS) is 20.5. The van der Waals surface area contributed by atoms with Crippen LogP contribution in [0.5, 0.6) is 0 Å². The van der Waals surface area contributed by atoms with Crippen molar-refractivity contribution in [3.8, 4) is 0 Å². The van der Waals surface area contributed by atoms with E-state index in [1.165, 1.54) is 0 Å². The first-order valence-corrected chi connectivity index (χ1v) is 6.97. The van der Waals surface area contributed by atoms with Gasteiger partial charge in [-0.25, -0.2) is 0 Å². The summed E-state index contributed by atoms with van der Waals surface area (Å²) in [5.41, 5.74) is -1.87. The fraction of sp³-hybridized carbons (Fsp3) is 0.750. The maximum Gasteiger partial charge on any atom is 0.411 e. The van der Waals surface area contributed by atoms with Gasteiger partial charge < -0.3 is 15.5 Å². The summed E-state index contributed by atoms with van der Waals surface area (Å²) in [6.07, 6.45) is -2.12. The average Bonchev–Trinajstić information content (AvgIpc) is 3.03.